The monoisotopic (exact) mass is 389 g/mol. The van der Waals surface area contributed by atoms with Crippen molar-refractivity contribution in [2.24, 2.45) is 0 Å². The van der Waals surface area contributed by atoms with Gasteiger partial charge in [0.05, 0.1) is 22.6 Å². The van der Waals surface area contributed by atoms with Crippen molar-refractivity contribution in [1.29, 1.82) is 5.26 Å². The van der Waals surface area contributed by atoms with Crippen molar-refractivity contribution >= 4 is 28.2 Å². The van der Waals surface area contributed by atoms with Crippen LogP contribution in [-0.4, -0.2) is 46.9 Å². The highest BCUT2D eigenvalue weighted by Crippen LogP contribution is 2.26. The van der Waals surface area contributed by atoms with Gasteiger partial charge in [0, 0.05) is 55.4 Å². The summed E-state index contributed by atoms with van der Waals surface area (Å²) in [6.07, 6.45) is 2.22. The minimum Gasteiger partial charge on any atom is -0.367 e. The molecular formula is C21H19N5O3. The third-order valence-electron chi connectivity index (χ3n) is 5.30. The molecule has 8 nitrogen and oxygen atoms in total. The van der Waals surface area contributed by atoms with Gasteiger partial charge in [0.1, 0.15) is 6.07 Å². The molecule has 0 unspecified atom stereocenters. The quantitative estimate of drug-likeness (QED) is 0.545. The topological polar surface area (TPSA) is 106 Å². The number of aromatic nitrogens is 1. The van der Waals surface area contributed by atoms with E-state index in [4.69, 9.17) is 0 Å². The van der Waals surface area contributed by atoms with E-state index in [1.165, 1.54) is 12.1 Å². The lowest BCUT2D eigenvalue weighted by molar-refractivity contribution is -0.384. The summed E-state index contributed by atoms with van der Waals surface area (Å²) >= 11 is 0. The molecule has 29 heavy (non-hydrogen) atoms. The van der Waals surface area contributed by atoms with Gasteiger partial charge in [0.2, 0.25) is 5.91 Å². The van der Waals surface area contributed by atoms with Crippen molar-refractivity contribution in [1.82, 2.24) is 9.88 Å². The van der Waals surface area contributed by atoms with Crippen LogP contribution in [0.4, 0.5) is 11.4 Å². The Morgan fingerprint density at radius 1 is 1.17 bits per heavy atom. The molecular weight excluding hydrogens is 370 g/mol. The number of nitriles is 1. The molecule has 1 aliphatic rings. The van der Waals surface area contributed by atoms with E-state index in [1.807, 2.05) is 46.3 Å². The average Bonchev–Trinajstić information content (AvgIpc) is 3.16. The third-order valence-corrected chi connectivity index (χ3v) is 5.30. The van der Waals surface area contributed by atoms with E-state index < -0.39 is 4.92 Å². The zero-order valence-electron chi connectivity index (χ0n) is 15.7. The third kappa shape index (κ3) is 3.62. The van der Waals surface area contributed by atoms with Crippen LogP contribution < -0.4 is 4.90 Å². The zero-order chi connectivity index (χ0) is 20.4. The summed E-state index contributed by atoms with van der Waals surface area (Å²) in [5.41, 5.74) is 2.84. The second-order valence-electron chi connectivity index (χ2n) is 6.97. The van der Waals surface area contributed by atoms with Crippen LogP contribution in [0, 0.1) is 21.4 Å². The zero-order valence-corrected chi connectivity index (χ0v) is 15.7. The average molecular weight is 389 g/mol. The Morgan fingerprint density at radius 3 is 2.66 bits per heavy atom. The lowest BCUT2D eigenvalue weighted by atomic mass is 10.1. The number of fused-ring (bicyclic) bond motifs is 1. The Bertz CT molecular complexity index is 1120. The number of para-hydroxylation sites is 1. The maximum Gasteiger partial charge on any atom is 0.270 e. The SMILES string of the molecule is N#Cc1cc([N+](=O)[O-])ccc1N1CCN(C(=O)Cc2c[nH]c3ccccc23)CC1. The van der Waals surface area contributed by atoms with Crippen molar-refractivity contribution in [3.63, 3.8) is 0 Å². The van der Waals surface area contributed by atoms with Crippen LogP contribution in [-0.2, 0) is 11.2 Å². The summed E-state index contributed by atoms with van der Waals surface area (Å²) in [5, 5.41) is 21.3. The van der Waals surface area contributed by atoms with Gasteiger partial charge < -0.3 is 14.8 Å². The first kappa shape index (κ1) is 18.5. The van der Waals surface area contributed by atoms with Crippen molar-refractivity contribution in [3.05, 3.63) is 69.9 Å². The largest absolute Gasteiger partial charge is 0.367 e. The standard InChI is InChI=1S/C21H19N5O3/c22-13-15-11-17(26(28)29)5-6-20(15)24-7-9-25(10-8-24)21(27)12-16-14-23-19-4-2-1-3-18(16)19/h1-6,11,14,23H,7-10,12H2. The molecule has 0 saturated carbocycles. The number of nitrogens with one attached hydrogen (secondary N) is 1. The number of carbonyl (C=O) groups excluding carboxylic acids is 1. The molecule has 0 radical (unpaired) electrons. The predicted molar refractivity (Wildman–Crippen MR) is 109 cm³/mol. The molecule has 1 N–H and O–H groups in total. The molecule has 1 amide bonds. The number of benzene rings is 2. The molecule has 4 rings (SSSR count). The van der Waals surface area contributed by atoms with Gasteiger partial charge in [-0.25, -0.2) is 0 Å². The number of aromatic amines is 1. The fraction of sp³-hybridized carbons (Fsp3) is 0.238. The fourth-order valence-electron chi connectivity index (χ4n) is 3.75. The van der Waals surface area contributed by atoms with Gasteiger partial charge in [0.15, 0.2) is 0 Å². The lowest BCUT2D eigenvalue weighted by Gasteiger charge is -2.36. The summed E-state index contributed by atoms with van der Waals surface area (Å²) in [6.45, 7) is 2.24. The molecule has 0 spiro atoms. The van der Waals surface area contributed by atoms with Crippen LogP contribution in [0.15, 0.2) is 48.7 Å². The maximum atomic E-state index is 12.8. The number of nitro benzene ring substituents is 1. The number of hydrogen-bond acceptors (Lipinski definition) is 5. The normalized spacial score (nSPS) is 14.0. The molecule has 3 aromatic rings. The molecule has 146 valence electrons. The number of nitrogens with zero attached hydrogens (tertiary/aromatic N) is 4. The van der Waals surface area contributed by atoms with E-state index in [2.05, 4.69) is 4.98 Å². The van der Waals surface area contributed by atoms with Gasteiger partial charge in [-0.15, -0.1) is 0 Å². The van der Waals surface area contributed by atoms with E-state index in [0.717, 1.165) is 16.5 Å². The number of H-pyrrole nitrogens is 1. The summed E-state index contributed by atoms with van der Waals surface area (Å²) in [6, 6.07) is 14.3. The molecule has 1 aromatic heterocycles. The number of piperazine rings is 1. The maximum absolute atomic E-state index is 12.8. The van der Waals surface area contributed by atoms with Crippen LogP contribution in [0.2, 0.25) is 0 Å². The first-order valence-corrected chi connectivity index (χ1v) is 9.33. The second kappa shape index (κ2) is 7.64. The second-order valence-corrected chi connectivity index (χ2v) is 6.97. The smallest absolute Gasteiger partial charge is 0.270 e. The van der Waals surface area contributed by atoms with Crippen molar-refractivity contribution in [2.75, 3.05) is 31.1 Å². The minimum absolute atomic E-state index is 0.0682. The van der Waals surface area contributed by atoms with Crippen LogP contribution in [0.1, 0.15) is 11.1 Å². The van der Waals surface area contributed by atoms with Gasteiger partial charge in [-0.1, -0.05) is 18.2 Å². The number of non-ortho nitro benzene ring substituents is 1. The first-order valence-electron chi connectivity index (χ1n) is 9.33. The summed E-state index contributed by atoms with van der Waals surface area (Å²) in [4.78, 5) is 30.2. The Kier molecular flexibility index (Phi) is 4.87. The molecule has 1 aliphatic heterocycles. The number of carbonyl (C=O) groups is 1. The first-order chi connectivity index (χ1) is 14.1. The van der Waals surface area contributed by atoms with E-state index in [-0.39, 0.29) is 17.2 Å². The number of anilines is 1. The molecule has 0 aliphatic carbocycles. The number of hydrogen-bond donors (Lipinski definition) is 1. The van der Waals surface area contributed by atoms with Gasteiger partial charge in [-0.05, 0) is 17.7 Å². The van der Waals surface area contributed by atoms with Crippen LogP contribution >= 0.6 is 0 Å². The van der Waals surface area contributed by atoms with Crippen LogP contribution in [0.5, 0.6) is 0 Å². The molecule has 0 bridgehead atoms. The molecule has 1 fully saturated rings. The van der Waals surface area contributed by atoms with E-state index in [0.29, 0.717) is 38.3 Å². The minimum atomic E-state index is -0.508. The van der Waals surface area contributed by atoms with Gasteiger partial charge in [-0.3, -0.25) is 14.9 Å². The fourth-order valence-corrected chi connectivity index (χ4v) is 3.75. The number of amides is 1. The Balaban J connectivity index is 1.42. The molecule has 2 heterocycles. The Hall–Kier alpha value is -3.86. The number of rotatable bonds is 4. The van der Waals surface area contributed by atoms with E-state index in [9.17, 15) is 20.2 Å². The molecule has 8 heteroatoms. The molecule has 2 aromatic carbocycles. The highest BCUT2D eigenvalue weighted by molar-refractivity contribution is 5.89. The Labute approximate surface area is 167 Å². The van der Waals surface area contributed by atoms with Gasteiger partial charge in [0.25, 0.3) is 5.69 Å². The van der Waals surface area contributed by atoms with Gasteiger partial charge >= 0.3 is 0 Å². The van der Waals surface area contributed by atoms with Crippen molar-refractivity contribution < 1.29 is 9.72 Å². The van der Waals surface area contributed by atoms with Crippen molar-refractivity contribution in [2.45, 2.75) is 6.42 Å². The molecule has 1 saturated heterocycles. The highest BCUT2D eigenvalue weighted by atomic mass is 16.6. The summed E-state index contributed by atoms with van der Waals surface area (Å²) in [5.74, 6) is 0.0682. The lowest BCUT2D eigenvalue weighted by Crippen LogP contribution is -2.49. The summed E-state index contributed by atoms with van der Waals surface area (Å²) in [7, 11) is 0. The highest BCUT2D eigenvalue weighted by Gasteiger charge is 2.24. The van der Waals surface area contributed by atoms with Crippen LogP contribution in [0.3, 0.4) is 0 Å². The Morgan fingerprint density at radius 2 is 1.93 bits per heavy atom. The van der Waals surface area contributed by atoms with E-state index >= 15 is 0 Å². The number of nitro groups is 1. The van der Waals surface area contributed by atoms with Crippen LogP contribution in [0.25, 0.3) is 10.9 Å². The van der Waals surface area contributed by atoms with E-state index in [1.54, 1.807) is 6.07 Å². The summed E-state index contributed by atoms with van der Waals surface area (Å²) < 4.78 is 0. The van der Waals surface area contributed by atoms with Crippen molar-refractivity contribution in [3.8, 4) is 6.07 Å². The van der Waals surface area contributed by atoms with Gasteiger partial charge in [-0.2, -0.15) is 5.26 Å². The molecule has 0 atom stereocenters. The predicted octanol–water partition coefficient (Wildman–Crippen LogP) is 2.84.